The zero-order valence-corrected chi connectivity index (χ0v) is 16.4. The maximum absolute atomic E-state index is 12.2. The lowest BCUT2D eigenvalue weighted by molar-refractivity contribution is -0.384. The number of benzene rings is 3. The Morgan fingerprint density at radius 1 is 1.00 bits per heavy atom. The van der Waals surface area contributed by atoms with Crippen LogP contribution in [0.15, 0.2) is 89.6 Å². The van der Waals surface area contributed by atoms with Crippen LogP contribution in [0.25, 0.3) is 6.08 Å². The van der Waals surface area contributed by atoms with Gasteiger partial charge in [-0.2, -0.15) is 0 Å². The van der Waals surface area contributed by atoms with E-state index >= 15 is 0 Å². The van der Waals surface area contributed by atoms with Crippen molar-refractivity contribution in [3.8, 4) is 5.75 Å². The van der Waals surface area contributed by atoms with E-state index in [4.69, 9.17) is 9.47 Å². The molecule has 31 heavy (non-hydrogen) atoms. The molecule has 7 heteroatoms. The summed E-state index contributed by atoms with van der Waals surface area (Å²) in [6.45, 7) is 0.536. The molecule has 3 aromatic carbocycles. The van der Waals surface area contributed by atoms with Crippen molar-refractivity contribution in [2.75, 3.05) is 6.61 Å². The Labute approximate surface area is 178 Å². The summed E-state index contributed by atoms with van der Waals surface area (Å²) >= 11 is 0. The molecule has 0 amide bonds. The van der Waals surface area contributed by atoms with E-state index < -0.39 is 10.9 Å². The third-order valence-electron chi connectivity index (χ3n) is 4.61. The number of rotatable bonds is 7. The quantitative estimate of drug-likeness (QED) is 0.245. The summed E-state index contributed by atoms with van der Waals surface area (Å²) in [6, 6.07) is 23.1. The molecule has 7 nitrogen and oxygen atoms in total. The fourth-order valence-corrected chi connectivity index (χ4v) is 3.04. The number of nitro benzene ring substituents is 1. The van der Waals surface area contributed by atoms with Crippen molar-refractivity contribution < 1.29 is 19.2 Å². The maximum atomic E-state index is 12.2. The van der Waals surface area contributed by atoms with Crippen LogP contribution in [0, 0.1) is 10.1 Å². The van der Waals surface area contributed by atoms with Crippen LogP contribution in [0.3, 0.4) is 0 Å². The SMILES string of the molecule is O=C1OC(c2ccc([N+](=O)[O-])cc2)=N/C1=C\c1cccc(OCCc2ccccc2)c1. The fraction of sp³-hybridized carbons (Fsp3) is 0.0833. The molecule has 0 spiro atoms. The molecule has 0 unspecified atom stereocenters. The smallest absolute Gasteiger partial charge is 0.363 e. The van der Waals surface area contributed by atoms with Crippen LogP contribution < -0.4 is 4.74 Å². The second-order valence-corrected chi connectivity index (χ2v) is 6.80. The van der Waals surface area contributed by atoms with Gasteiger partial charge in [0.15, 0.2) is 5.70 Å². The second kappa shape index (κ2) is 9.04. The van der Waals surface area contributed by atoms with Crippen LogP contribution >= 0.6 is 0 Å². The van der Waals surface area contributed by atoms with Crippen LogP contribution in [-0.2, 0) is 16.0 Å². The number of hydrogen-bond acceptors (Lipinski definition) is 6. The van der Waals surface area contributed by atoms with Gasteiger partial charge < -0.3 is 9.47 Å². The van der Waals surface area contributed by atoms with E-state index in [9.17, 15) is 14.9 Å². The van der Waals surface area contributed by atoms with Gasteiger partial charge in [0.25, 0.3) is 5.69 Å². The average Bonchev–Trinajstić information content (AvgIpc) is 3.15. The highest BCUT2D eigenvalue weighted by Crippen LogP contribution is 2.22. The first-order chi connectivity index (χ1) is 15.1. The van der Waals surface area contributed by atoms with Crippen molar-refractivity contribution in [2.45, 2.75) is 6.42 Å². The average molecular weight is 414 g/mol. The number of nitro groups is 1. The minimum atomic E-state index is -0.580. The molecule has 0 saturated heterocycles. The number of nitrogens with zero attached hydrogens (tertiary/aromatic N) is 2. The number of non-ortho nitro benzene ring substituents is 1. The number of hydrogen-bond donors (Lipinski definition) is 0. The molecule has 1 aliphatic rings. The largest absolute Gasteiger partial charge is 0.493 e. The van der Waals surface area contributed by atoms with Gasteiger partial charge in [-0.1, -0.05) is 42.5 Å². The van der Waals surface area contributed by atoms with Gasteiger partial charge in [-0.15, -0.1) is 0 Å². The van der Waals surface area contributed by atoms with E-state index in [-0.39, 0.29) is 17.3 Å². The lowest BCUT2D eigenvalue weighted by Gasteiger charge is -2.07. The lowest BCUT2D eigenvalue weighted by atomic mass is 10.1. The maximum Gasteiger partial charge on any atom is 0.363 e. The van der Waals surface area contributed by atoms with E-state index in [1.807, 2.05) is 42.5 Å². The summed E-state index contributed by atoms with van der Waals surface area (Å²) in [6.07, 6.45) is 2.41. The van der Waals surface area contributed by atoms with Crippen molar-refractivity contribution in [2.24, 2.45) is 4.99 Å². The number of ether oxygens (including phenoxy) is 2. The molecule has 0 N–H and O–H groups in total. The predicted molar refractivity (Wildman–Crippen MR) is 116 cm³/mol. The highest BCUT2D eigenvalue weighted by molar-refractivity contribution is 6.12. The number of cyclic esters (lactones) is 1. The third-order valence-corrected chi connectivity index (χ3v) is 4.61. The number of carbonyl (C=O) groups is 1. The Morgan fingerprint density at radius 2 is 1.77 bits per heavy atom. The molecule has 154 valence electrons. The molecule has 0 bridgehead atoms. The number of esters is 1. The Hall–Kier alpha value is -4.26. The molecule has 0 atom stereocenters. The van der Waals surface area contributed by atoms with Crippen LogP contribution in [0.1, 0.15) is 16.7 Å². The summed E-state index contributed by atoms with van der Waals surface area (Å²) in [7, 11) is 0. The topological polar surface area (TPSA) is 91.0 Å². The molecule has 0 aliphatic carbocycles. The molecule has 0 aromatic heterocycles. The minimum absolute atomic E-state index is 0.0477. The third kappa shape index (κ3) is 5.02. The molecule has 0 radical (unpaired) electrons. The van der Waals surface area contributed by atoms with E-state index in [0.717, 1.165) is 12.0 Å². The van der Waals surface area contributed by atoms with Gasteiger partial charge in [0, 0.05) is 24.1 Å². The Morgan fingerprint density at radius 3 is 2.52 bits per heavy atom. The first-order valence-electron chi connectivity index (χ1n) is 9.63. The molecule has 3 aromatic rings. The molecule has 1 aliphatic heterocycles. The van der Waals surface area contributed by atoms with Gasteiger partial charge >= 0.3 is 5.97 Å². The van der Waals surface area contributed by atoms with Gasteiger partial charge in [-0.25, -0.2) is 9.79 Å². The molecule has 0 saturated carbocycles. The predicted octanol–water partition coefficient (Wildman–Crippen LogP) is 4.56. The van der Waals surface area contributed by atoms with Crippen LogP contribution in [0.4, 0.5) is 5.69 Å². The Kier molecular flexibility index (Phi) is 5.84. The fourth-order valence-electron chi connectivity index (χ4n) is 3.04. The van der Waals surface area contributed by atoms with Gasteiger partial charge in [0.1, 0.15) is 5.75 Å². The zero-order valence-electron chi connectivity index (χ0n) is 16.4. The second-order valence-electron chi connectivity index (χ2n) is 6.80. The summed E-state index contributed by atoms with van der Waals surface area (Å²) in [4.78, 5) is 26.7. The normalized spacial score (nSPS) is 14.3. The molecular weight excluding hydrogens is 396 g/mol. The summed E-state index contributed by atoms with van der Waals surface area (Å²) in [5.41, 5.74) is 2.53. The molecule has 1 heterocycles. The monoisotopic (exact) mass is 414 g/mol. The van der Waals surface area contributed by atoms with Crippen LogP contribution in [-0.4, -0.2) is 23.4 Å². The van der Waals surface area contributed by atoms with Gasteiger partial charge in [-0.3, -0.25) is 10.1 Å². The Bertz CT molecular complexity index is 1170. The van der Waals surface area contributed by atoms with Crippen LogP contribution in [0.5, 0.6) is 5.75 Å². The standard InChI is InChI=1S/C24H18N2O5/c27-24-22(25-23(31-24)19-9-11-20(12-10-19)26(28)29)16-18-7-4-8-21(15-18)30-14-13-17-5-2-1-3-6-17/h1-12,15-16H,13-14H2/b22-16-. The molecule has 4 rings (SSSR count). The number of aliphatic imine (C=N–C) groups is 1. The van der Waals surface area contributed by atoms with E-state index in [2.05, 4.69) is 17.1 Å². The zero-order chi connectivity index (χ0) is 21.6. The van der Waals surface area contributed by atoms with Crippen molar-refractivity contribution in [1.29, 1.82) is 0 Å². The summed E-state index contributed by atoms with van der Waals surface area (Å²) < 4.78 is 11.0. The minimum Gasteiger partial charge on any atom is -0.493 e. The van der Waals surface area contributed by atoms with E-state index in [1.165, 1.54) is 29.8 Å². The highest BCUT2D eigenvalue weighted by atomic mass is 16.6. The van der Waals surface area contributed by atoms with Crippen molar-refractivity contribution in [3.05, 3.63) is 111 Å². The Balaban J connectivity index is 1.45. The van der Waals surface area contributed by atoms with Gasteiger partial charge in [-0.05, 0) is 41.5 Å². The van der Waals surface area contributed by atoms with Crippen molar-refractivity contribution in [3.63, 3.8) is 0 Å². The van der Waals surface area contributed by atoms with Gasteiger partial charge in [0.2, 0.25) is 5.90 Å². The highest BCUT2D eigenvalue weighted by Gasteiger charge is 2.24. The van der Waals surface area contributed by atoms with Crippen molar-refractivity contribution in [1.82, 2.24) is 0 Å². The first kappa shape index (κ1) is 20.0. The lowest BCUT2D eigenvalue weighted by Crippen LogP contribution is -2.05. The molecule has 0 fully saturated rings. The number of carbonyl (C=O) groups excluding carboxylic acids is 1. The van der Waals surface area contributed by atoms with E-state index in [0.29, 0.717) is 17.9 Å². The summed E-state index contributed by atoms with van der Waals surface area (Å²) in [5.74, 6) is 0.224. The van der Waals surface area contributed by atoms with Crippen LogP contribution in [0.2, 0.25) is 0 Å². The van der Waals surface area contributed by atoms with E-state index in [1.54, 1.807) is 6.08 Å². The van der Waals surface area contributed by atoms with Crippen molar-refractivity contribution >= 4 is 23.6 Å². The summed E-state index contributed by atoms with van der Waals surface area (Å²) in [5, 5.41) is 10.8. The molecular formula is C24H18N2O5. The van der Waals surface area contributed by atoms with Gasteiger partial charge in [0.05, 0.1) is 11.5 Å². The first-order valence-corrected chi connectivity index (χ1v) is 9.63.